The molecular formula is C16H19NO2. The third kappa shape index (κ3) is 3.85. The monoisotopic (exact) mass is 257 g/mol. The maximum absolute atomic E-state index is 11.3. The molecular weight excluding hydrogens is 238 g/mol. The van der Waals surface area contributed by atoms with Gasteiger partial charge in [-0.3, -0.25) is 0 Å². The Balaban J connectivity index is 0.000000861. The average Bonchev–Trinajstić information content (AvgIpc) is 2.48. The summed E-state index contributed by atoms with van der Waals surface area (Å²) in [5.41, 5.74) is 9.03. The lowest BCUT2D eigenvalue weighted by Crippen LogP contribution is -2.00. The lowest BCUT2D eigenvalue weighted by Gasteiger charge is -2.04. The van der Waals surface area contributed by atoms with E-state index in [2.05, 4.69) is 4.74 Å². The molecule has 2 aromatic rings. The van der Waals surface area contributed by atoms with Crippen molar-refractivity contribution < 1.29 is 9.53 Å². The lowest BCUT2D eigenvalue weighted by atomic mass is 10.0. The molecule has 100 valence electrons. The molecule has 0 saturated carbocycles. The fourth-order valence-electron chi connectivity index (χ4n) is 1.63. The summed E-state index contributed by atoms with van der Waals surface area (Å²) < 4.78 is 4.64. The first-order valence-corrected chi connectivity index (χ1v) is 6.25. The maximum atomic E-state index is 11.3. The summed E-state index contributed by atoms with van der Waals surface area (Å²) in [6.07, 6.45) is 0. The van der Waals surface area contributed by atoms with Crippen LogP contribution in [0.1, 0.15) is 24.2 Å². The molecule has 0 aliphatic carbocycles. The molecule has 19 heavy (non-hydrogen) atoms. The number of esters is 1. The standard InChI is InChI=1S/C14H13NO2.C2H6/c1-17-14(16)11-7-5-10(6-8-11)12-3-2-4-13(15)9-12;1-2/h2-9H,15H2,1H3;1-2H3. The van der Waals surface area contributed by atoms with E-state index in [1.54, 1.807) is 12.1 Å². The van der Waals surface area contributed by atoms with Crippen LogP contribution in [0.5, 0.6) is 0 Å². The number of benzene rings is 2. The predicted octanol–water partition coefficient (Wildman–Crippen LogP) is 3.75. The summed E-state index contributed by atoms with van der Waals surface area (Å²) in [4.78, 5) is 11.3. The third-order valence-corrected chi connectivity index (χ3v) is 2.53. The molecule has 2 rings (SSSR count). The predicted molar refractivity (Wildman–Crippen MR) is 79.0 cm³/mol. The molecule has 2 aromatic carbocycles. The molecule has 3 heteroatoms. The van der Waals surface area contributed by atoms with Crippen LogP contribution in [0.2, 0.25) is 0 Å². The molecule has 0 bridgehead atoms. The summed E-state index contributed by atoms with van der Waals surface area (Å²) in [7, 11) is 1.37. The van der Waals surface area contributed by atoms with Gasteiger partial charge in [-0.05, 0) is 35.4 Å². The third-order valence-electron chi connectivity index (χ3n) is 2.53. The van der Waals surface area contributed by atoms with Crippen molar-refractivity contribution in [3.05, 3.63) is 54.1 Å². The highest BCUT2D eigenvalue weighted by atomic mass is 16.5. The molecule has 0 amide bonds. The number of anilines is 1. The quantitative estimate of drug-likeness (QED) is 0.658. The summed E-state index contributed by atoms with van der Waals surface area (Å²) in [5, 5.41) is 0. The van der Waals surface area contributed by atoms with Crippen LogP contribution < -0.4 is 5.73 Å². The van der Waals surface area contributed by atoms with Gasteiger partial charge in [0.15, 0.2) is 0 Å². The first-order chi connectivity index (χ1) is 9.20. The molecule has 0 aliphatic heterocycles. The van der Waals surface area contributed by atoms with Crippen molar-refractivity contribution in [2.75, 3.05) is 12.8 Å². The largest absolute Gasteiger partial charge is 0.465 e. The van der Waals surface area contributed by atoms with Crippen LogP contribution in [0.4, 0.5) is 5.69 Å². The fourth-order valence-corrected chi connectivity index (χ4v) is 1.63. The zero-order chi connectivity index (χ0) is 14.3. The maximum Gasteiger partial charge on any atom is 0.337 e. The van der Waals surface area contributed by atoms with Gasteiger partial charge in [0.2, 0.25) is 0 Å². The number of rotatable bonds is 2. The number of hydrogen-bond donors (Lipinski definition) is 1. The number of nitrogen functional groups attached to an aromatic ring is 1. The summed E-state index contributed by atoms with van der Waals surface area (Å²) in [5.74, 6) is -0.330. The highest BCUT2D eigenvalue weighted by molar-refractivity contribution is 5.90. The molecule has 0 spiro atoms. The van der Waals surface area contributed by atoms with E-state index in [0.717, 1.165) is 16.8 Å². The van der Waals surface area contributed by atoms with Crippen LogP contribution in [0.15, 0.2) is 48.5 Å². The Morgan fingerprint density at radius 3 is 2.16 bits per heavy atom. The van der Waals surface area contributed by atoms with Crippen LogP contribution in [-0.4, -0.2) is 13.1 Å². The molecule has 0 aromatic heterocycles. The fraction of sp³-hybridized carbons (Fsp3) is 0.188. The summed E-state index contributed by atoms with van der Waals surface area (Å²) in [6, 6.07) is 14.8. The Morgan fingerprint density at radius 2 is 1.63 bits per heavy atom. The Kier molecular flexibility index (Phi) is 5.61. The minimum absolute atomic E-state index is 0.330. The van der Waals surface area contributed by atoms with E-state index < -0.39 is 0 Å². The van der Waals surface area contributed by atoms with E-state index in [-0.39, 0.29) is 5.97 Å². The minimum Gasteiger partial charge on any atom is -0.465 e. The van der Waals surface area contributed by atoms with Gasteiger partial charge in [0.1, 0.15) is 0 Å². The van der Waals surface area contributed by atoms with Gasteiger partial charge in [-0.15, -0.1) is 0 Å². The Labute approximate surface area is 114 Å². The molecule has 0 fully saturated rings. The molecule has 0 radical (unpaired) electrons. The van der Waals surface area contributed by atoms with Crippen LogP contribution in [0.25, 0.3) is 11.1 Å². The number of carbonyl (C=O) groups is 1. The van der Waals surface area contributed by atoms with Gasteiger partial charge in [0.05, 0.1) is 12.7 Å². The molecule has 0 atom stereocenters. The Morgan fingerprint density at radius 1 is 1.00 bits per heavy atom. The molecule has 0 saturated heterocycles. The van der Waals surface area contributed by atoms with Crippen molar-refractivity contribution in [2.24, 2.45) is 0 Å². The van der Waals surface area contributed by atoms with Gasteiger partial charge in [-0.25, -0.2) is 4.79 Å². The van der Waals surface area contributed by atoms with Crippen LogP contribution in [0, 0.1) is 0 Å². The average molecular weight is 257 g/mol. The number of hydrogen-bond acceptors (Lipinski definition) is 3. The smallest absolute Gasteiger partial charge is 0.337 e. The van der Waals surface area contributed by atoms with E-state index in [1.807, 2.05) is 50.2 Å². The van der Waals surface area contributed by atoms with Crippen molar-refractivity contribution in [3.8, 4) is 11.1 Å². The zero-order valence-electron chi connectivity index (χ0n) is 11.5. The Hall–Kier alpha value is -2.29. The van der Waals surface area contributed by atoms with E-state index in [1.165, 1.54) is 7.11 Å². The molecule has 0 heterocycles. The van der Waals surface area contributed by atoms with Gasteiger partial charge >= 0.3 is 5.97 Å². The second-order valence-electron chi connectivity index (χ2n) is 3.69. The van der Waals surface area contributed by atoms with E-state index in [9.17, 15) is 4.79 Å². The van der Waals surface area contributed by atoms with Gasteiger partial charge in [-0.1, -0.05) is 38.1 Å². The zero-order valence-corrected chi connectivity index (χ0v) is 11.5. The van der Waals surface area contributed by atoms with E-state index in [4.69, 9.17) is 5.73 Å². The summed E-state index contributed by atoms with van der Waals surface area (Å²) >= 11 is 0. The van der Waals surface area contributed by atoms with Crippen molar-refractivity contribution >= 4 is 11.7 Å². The topological polar surface area (TPSA) is 52.3 Å². The molecule has 2 N–H and O–H groups in total. The van der Waals surface area contributed by atoms with Gasteiger partial charge in [0, 0.05) is 5.69 Å². The van der Waals surface area contributed by atoms with Crippen molar-refractivity contribution in [2.45, 2.75) is 13.8 Å². The second-order valence-corrected chi connectivity index (χ2v) is 3.69. The Bertz CT molecular complexity index is 533. The van der Waals surface area contributed by atoms with Gasteiger partial charge < -0.3 is 10.5 Å². The lowest BCUT2D eigenvalue weighted by molar-refractivity contribution is 0.0601. The number of ether oxygens (including phenoxy) is 1. The highest BCUT2D eigenvalue weighted by Crippen LogP contribution is 2.21. The first kappa shape index (κ1) is 14.8. The molecule has 0 unspecified atom stereocenters. The van der Waals surface area contributed by atoms with E-state index >= 15 is 0 Å². The number of carbonyl (C=O) groups excluding carboxylic acids is 1. The summed E-state index contributed by atoms with van der Waals surface area (Å²) in [6.45, 7) is 4.00. The highest BCUT2D eigenvalue weighted by Gasteiger charge is 2.05. The number of methoxy groups -OCH3 is 1. The van der Waals surface area contributed by atoms with Gasteiger partial charge in [-0.2, -0.15) is 0 Å². The number of nitrogens with two attached hydrogens (primary N) is 1. The van der Waals surface area contributed by atoms with Crippen LogP contribution in [0.3, 0.4) is 0 Å². The minimum atomic E-state index is -0.330. The van der Waals surface area contributed by atoms with Crippen LogP contribution >= 0.6 is 0 Å². The first-order valence-electron chi connectivity index (χ1n) is 6.25. The van der Waals surface area contributed by atoms with Gasteiger partial charge in [0.25, 0.3) is 0 Å². The molecule has 0 aliphatic rings. The van der Waals surface area contributed by atoms with E-state index in [0.29, 0.717) is 5.56 Å². The van der Waals surface area contributed by atoms with Crippen molar-refractivity contribution in [3.63, 3.8) is 0 Å². The van der Waals surface area contributed by atoms with Crippen LogP contribution in [-0.2, 0) is 4.74 Å². The normalized spacial score (nSPS) is 9.21. The second kappa shape index (κ2) is 7.21. The van der Waals surface area contributed by atoms with Crippen molar-refractivity contribution in [1.29, 1.82) is 0 Å². The SMILES string of the molecule is CC.COC(=O)c1ccc(-c2cccc(N)c2)cc1. The molecule has 3 nitrogen and oxygen atoms in total. The van der Waals surface area contributed by atoms with Crippen molar-refractivity contribution in [1.82, 2.24) is 0 Å².